The number of hydrogen-bond acceptors (Lipinski definition) is 3. The number of nitrogens with two attached hydrogens (primary N) is 1. The second-order valence-corrected chi connectivity index (χ2v) is 5.31. The van der Waals surface area contributed by atoms with Gasteiger partial charge in [-0.3, -0.25) is 9.59 Å². The number of alkyl halides is 3. The smallest absolute Gasteiger partial charge is 0.367 e. The van der Waals surface area contributed by atoms with Crippen LogP contribution < -0.4 is 5.73 Å². The summed E-state index contributed by atoms with van der Waals surface area (Å²) in [4.78, 5) is 24.5. The predicted octanol–water partition coefficient (Wildman–Crippen LogP) is 1.44. The van der Waals surface area contributed by atoms with Crippen LogP contribution in [0.25, 0.3) is 0 Å². The lowest BCUT2D eigenvalue weighted by Crippen LogP contribution is -2.50. The monoisotopic (exact) mass is 330 g/mol. The van der Waals surface area contributed by atoms with Gasteiger partial charge in [0.1, 0.15) is 0 Å². The van der Waals surface area contributed by atoms with E-state index in [0.717, 1.165) is 0 Å². The highest BCUT2D eigenvalue weighted by molar-refractivity contribution is 5.82. The summed E-state index contributed by atoms with van der Waals surface area (Å²) < 4.78 is 44.9. The van der Waals surface area contributed by atoms with Crippen molar-refractivity contribution in [3.8, 4) is 0 Å². The fourth-order valence-corrected chi connectivity index (χ4v) is 2.46. The molecule has 0 aromatic heterocycles. The molecule has 2 N–H and O–H groups in total. The first kappa shape index (κ1) is 17.3. The Labute approximate surface area is 131 Å². The van der Waals surface area contributed by atoms with Crippen LogP contribution in [-0.4, -0.2) is 48.7 Å². The van der Waals surface area contributed by atoms with E-state index in [1.165, 1.54) is 29.2 Å². The summed E-state index contributed by atoms with van der Waals surface area (Å²) in [6.45, 7) is 0.0941. The number of nitrogens with zero attached hydrogens (tertiary/aromatic N) is 1. The topological polar surface area (TPSA) is 72.6 Å². The van der Waals surface area contributed by atoms with Crippen LogP contribution in [0.2, 0.25) is 0 Å². The van der Waals surface area contributed by atoms with Crippen molar-refractivity contribution in [1.82, 2.24) is 4.90 Å². The molecule has 0 saturated carbocycles. The minimum Gasteiger partial charge on any atom is -0.367 e. The predicted molar refractivity (Wildman–Crippen MR) is 75.4 cm³/mol. The molecule has 2 atom stereocenters. The number of morpholine rings is 1. The Hall–Kier alpha value is -2.09. The third kappa shape index (κ3) is 4.44. The van der Waals surface area contributed by atoms with Crippen LogP contribution in [0.5, 0.6) is 0 Å². The molecule has 5 nitrogen and oxygen atoms in total. The number of rotatable bonds is 4. The summed E-state index contributed by atoms with van der Waals surface area (Å²) in [7, 11) is 0. The Kier molecular flexibility index (Phi) is 5.25. The van der Waals surface area contributed by atoms with Crippen LogP contribution in [0.15, 0.2) is 30.3 Å². The Morgan fingerprint density at radius 2 is 1.96 bits per heavy atom. The van der Waals surface area contributed by atoms with E-state index in [1.54, 1.807) is 6.07 Å². The zero-order valence-electron chi connectivity index (χ0n) is 12.3. The molecule has 8 heteroatoms. The first-order valence-corrected chi connectivity index (χ1v) is 7.09. The maximum absolute atomic E-state index is 13.3. The number of benzene rings is 1. The fraction of sp³-hybridized carbons (Fsp3) is 0.467. The van der Waals surface area contributed by atoms with Gasteiger partial charge in [-0.25, -0.2) is 0 Å². The summed E-state index contributed by atoms with van der Waals surface area (Å²) in [5, 5.41) is 0. The van der Waals surface area contributed by atoms with E-state index in [2.05, 4.69) is 0 Å². The number of ether oxygens (including phenoxy) is 1. The highest BCUT2D eigenvalue weighted by atomic mass is 19.4. The second-order valence-electron chi connectivity index (χ2n) is 5.31. The molecule has 0 aliphatic carbocycles. The molecule has 0 radical (unpaired) electrons. The minimum atomic E-state index is -4.54. The third-order valence-electron chi connectivity index (χ3n) is 3.71. The lowest BCUT2D eigenvalue weighted by Gasteiger charge is -2.32. The summed E-state index contributed by atoms with van der Waals surface area (Å²) in [5.41, 5.74) is 5.14. The highest BCUT2D eigenvalue weighted by Crippen LogP contribution is 2.37. The Morgan fingerprint density at radius 1 is 1.30 bits per heavy atom. The van der Waals surface area contributed by atoms with E-state index in [4.69, 9.17) is 10.5 Å². The molecule has 2 unspecified atom stereocenters. The third-order valence-corrected chi connectivity index (χ3v) is 3.71. The Balaban J connectivity index is 2.10. The first-order valence-electron chi connectivity index (χ1n) is 7.09. The van der Waals surface area contributed by atoms with Crippen molar-refractivity contribution in [1.29, 1.82) is 0 Å². The molecule has 1 aromatic carbocycles. The van der Waals surface area contributed by atoms with E-state index in [1.807, 2.05) is 0 Å². The number of halogens is 3. The molecule has 1 saturated heterocycles. The largest absolute Gasteiger partial charge is 0.396 e. The Morgan fingerprint density at radius 3 is 2.52 bits per heavy atom. The van der Waals surface area contributed by atoms with Gasteiger partial charge in [-0.2, -0.15) is 13.2 Å². The van der Waals surface area contributed by atoms with Gasteiger partial charge in [-0.05, 0) is 5.56 Å². The molecule has 0 bridgehead atoms. The molecule has 1 heterocycles. The van der Waals surface area contributed by atoms with E-state index in [-0.39, 0.29) is 25.3 Å². The molecule has 2 rings (SSSR count). The molecule has 1 aromatic rings. The highest BCUT2D eigenvalue weighted by Gasteiger charge is 2.43. The fourth-order valence-electron chi connectivity index (χ4n) is 2.46. The van der Waals surface area contributed by atoms with Crippen LogP contribution in [-0.2, 0) is 14.3 Å². The van der Waals surface area contributed by atoms with Crippen molar-refractivity contribution in [2.24, 2.45) is 5.73 Å². The Bertz CT molecular complexity index is 563. The van der Waals surface area contributed by atoms with E-state index < -0.39 is 36.4 Å². The molecular formula is C15H17F3N2O3. The van der Waals surface area contributed by atoms with Crippen LogP contribution in [0.3, 0.4) is 0 Å². The van der Waals surface area contributed by atoms with Gasteiger partial charge in [0.15, 0.2) is 6.10 Å². The number of amides is 2. The van der Waals surface area contributed by atoms with Crippen LogP contribution in [0.1, 0.15) is 17.9 Å². The molecule has 1 aliphatic rings. The van der Waals surface area contributed by atoms with Crippen molar-refractivity contribution in [3.63, 3.8) is 0 Å². The van der Waals surface area contributed by atoms with Crippen molar-refractivity contribution >= 4 is 11.8 Å². The van der Waals surface area contributed by atoms with E-state index in [0.29, 0.717) is 0 Å². The lowest BCUT2D eigenvalue weighted by atomic mass is 9.94. The maximum atomic E-state index is 13.3. The minimum absolute atomic E-state index is 0.0352. The number of carbonyl (C=O) groups excluding carboxylic acids is 2. The zero-order chi connectivity index (χ0) is 17.0. The molecule has 1 fully saturated rings. The van der Waals surface area contributed by atoms with Crippen LogP contribution >= 0.6 is 0 Å². The average Bonchev–Trinajstić information content (AvgIpc) is 2.52. The standard InChI is InChI=1S/C15H17F3N2O3/c16-15(17,18)11(10-4-2-1-3-5-10)8-13(21)20-6-7-23-12(9-20)14(19)22/h1-5,11-12H,6-9H2,(H2,19,22). The van der Waals surface area contributed by atoms with Crippen LogP contribution in [0.4, 0.5) is 13.2 Å². The van der Waals surface area contributed by atoms with Crippen molar-refractivity contribution < 1.29 is 27.5 Å². The number of hydrogen-bond donors (Lipinski definition) is 1. The van der Waals surface area contributed by atoms with Gasteiger partial charge in [0, 0.05) is 13.0 Å². The van der Waals surface area contributed by atoms with Gasteiger partial charge in [-0.15, -0.1) is 0 Å². The molecule has 126 valence electrons. The average molecular weight is 330 g/mol. The van der Waals surface area contributed by atoms with Gasteiger partial charge in [0.25, 0.3) is 0 Å². The normalized spacial score (nSPS) is 20.1. The zero-order valence-corrected chi connectivity index (χ0v) is 12.3. The van der Waals surface area contributed by atoms with Gasteiger partial charge in [-0.1, -0.05) is 30.3 Å². The molecule has 23 heavy (non-hydrogen) atoms. The van der Waals surface area contributed by atoms with Gasteiger partial charge >= 0.3 is 6.18 Å². The molecule has 1 aliphatic heterocycles. The number of primary amides is 1. The van der Waals surface area contributed by atoms with Crippen molar-refractivity contribution in [2.75, 3.05) is 19.7 Å². The summed E-state index contributed by atoms with van der Waals surface area (Å²) in [6, 6.07) is 7.29. The van der Waals surface area contributed by atoms with Crippen LogP contribution in [0, 0.1) is 0 Å². The second kappa shape index (κ2) is 6.99. The summed E-state index contributed by atoms with van der Waals surface area (Å²) >= 11 is 0. The quantitative estimate of drug-likeness (QED) is 0.908. The van der Waals surface area contributed by atoms with Gasteiger partial charge < -0.3 is 15.4 Å². The summed E-state index contributed by atoms with van der Waals surface area (Å²) in [6.07, 6.45) is -6.22. The van der Waals surface area contributed by atoms with Gasteiger partial charge in [0.2, 0.25) is 11.8 Å². The maximum Gasteiger partial charge on any atom is 0.396 e. The van der Waals surface area contributed by atoms with Gasteiger partial charge in [0.05, 0.1) is 19.1 Å². The number of carbonyl (C=O) groups is 2. The lowest BCUT2D eigenvalue weighted by molar-refractivity contribution is -0.164. The molecular weight excluding hydrogens is 313 g/mol. The molecule has 2 amide bonds. The molecule has 0 spiro atoms. The SMILES string of the molecule is NC(=O)C1CN(C(=O)CC(c2ccccc2)C(F)(F)F)CCO1. The summed E-state index contributed by atoms with van der Waals surface area (Å²) in [5.74, 6) is -3.30. The first-order chi connectivity index (χ1) is 10.8. The van der Waals surface area contributed by atoms with Crippen molar-refractivity contribution in [2.45, 2.75) is 24.6 Å². The van der Waals surface area contributed by atoms with E-state index in [9.17, 15) is 22.8 Å². The van der Waals surface area contributed by atoms with Crippen molar-refractivity contribution in [3.05, 3.63) is 35.9 Å². The van der Waals surface area contributed by atoms with E-state index >= 15 is 0 Å².